The maximum absolute atomic E-state index is 13.0. The molecule has 1 aromatic carbocycles. The summed E-state index contributed by atoms with van der Waals surface area (Å²) in [4.78, 5) is 14.6. The Hall–Kier alpha value is -1.70. The van der Waals surface area contributed by atoms with Gasteiger partial charge in [-0.1, -0.05) is 6.07 Å². The molecule has 1 aromatic heterocycles. The molecule has 1 atom stereocenters. The number of hydrogen-bond acceptors (Lipinski definition) is 4. The van der Waals surface area contributed by atoms with Crippen LogP contribution in [-0.4, -0.2) is 36.8 Å². The number of pyridine rings is 1. The van der Waals surface area contributed by atoms with E-state index in [4.69, 9.17) is 5.73 Å². The molecule has 1 unspecified atom stereocenters. The summed E-state index contributed by atoms with van der Waals surface area (Å²) < 4.78 is 27.4. The van der Waals surface area contributed by atoms with Crippen molar-refractivity contribution in [3.05, 3.63) is 40.8 Å². The van der Waals surface area contributed by atoms with E-state index in [1.54, 1.807) is 24.3 Å². The molecule has 0 saturated carbocycles. The summed E-state index contributed by atoms with van der Waals surface area (Å²) in [5.74, 6) is 0.358. The van der Waals surface area contributed by atoms with Gasteiger partial charge in [-0.15, -0.1) is 0 Å². The molecule has 0 bridgehead atoms. The van der Waals surface area contributed by atoms with Gasteiger partial charge >= 0.3 is 0 Å². The molecule has 1 saturated heterocycles. The summed E-state index contributed by atoms with van der Waals surface area (Å²) in [5.41, 5.74) is 5.64. The molecule has 1 fully saturated rings. The van der Waals surface area contributed by atoms with E-state index in [1.807, 2.05) is 6.92 Å². The summed E-state index contributed by atoms with van der Waals surface area (Å²) in [6, 6.07) is 6.53. The Morgan fingerprint density at radius 3 is 2.57 bits per heavy atom. The van der Waals surface area contributed by atoms with Crippen LogP contribution >= 0.6 is 0 Å². The predicted octanol–water partition coefficient (Wildman–Crippen LogP) is 1.28. The number of H-pyrrole nitrogens is 1. The molecular weight excluding hydrogens is 314 g/mol. The Kier molecular flexibility index (Phi) is 4.27. The third-order valence-electron chi connectivity index (χ3n) is 4.64. The molecule has 0 spiro atoms. The van der Waals surface area contributed by atoms with E-state index in [2.05, 4.69) is 4.98 Å². The maximum Gasteiger partial charge on any atom is 0.255 e. The zero-order valence-electron chi connectivity index (χ0n) is 13.0. The highest BCUT2D eigenvalue weighted by atomic mass is 32.2. The van der Waals surface area contributed by atoms with Gasteiger partial charge in [0.15, 0.2) is 0 Å². The summed E-state index contributed by atoms with van der Waals surface area (Å²) in [7, 11) is -3.61. The summed E-state index contributed by atoms with van der Waals surface area (Å²) in [6.07, 6.45) is 3.01. The highest BCUT2D eigenvalue weighted by Gasteiger charge is 2.31. The van der Waals surface area contributed by atoms with Crippen molar-refractivity contribution in [2.45, 2.75) is 30.7 Å². The lowest BCUT2D eigenvalue weighted by atomic mass is 9.92. The van der Waals surface area contributed by atoms with Crippen molar-refractivity contribution in [3.63, 3.8) is 0 Å². The molecule has 124 valence electrons. The summed E-state index contributed by atoms with van der Waals surface area (Å²) >= 11 is 0. The first-order valence-electron chi connectivity index (χ1n) is 7.77. The second-order valence-corrected chi connectivity index (χ2v) is 8.03. The van der Waals surface area contributed by atoms with E-state index in [9.17, 15) is 13.2 Å². The minimum absolute atomic E-state index is 0.0796. The number of nitrogens with two attached hydrogens (primary N) is 1. The molecule has 7 heteroatoms. The fourth-order valence-corrected chi connectivity index (χ4v) is 4.87. The van der Waals surface area contributed by atoms with E-state index in [1.165, 1.54) is 10.5 Å². The average Bonchev–Trinajstić information content (AvgIpc) is 2.55. The molecule has 6 nitrogen and oxygen atoms in total. The van der Waals surface area contributed by atoms with Crippen molar-refractivity contribution in [1.29, 1.82) is 0 Å². The molecule has 0 radical (unpaired) electrons. The highest BCUT2D eigenvalue weighted by molar-refractivity contribution is 7.89. The van der Waals surface area contributed by atoms with Crippen LogP contribution in [0.2, 0.25) is 0 Å². The van der Waals surface area contributed by atoms with Gasteiger partial charge in [-0.2, -0.15) is 4.31 Å². The molecule has 2 aromatic rings. The molecule has 2 heterocycles. The number of piperidine rings is 1. The van der Waals surface area contributed by atoms with Crippen LogP contribution in [0.4, 0.5) is 0 Å². The van der Waals surface area contributed by atoms with Gasteiger partial charge in [-0.3, -0.25) is 4.79 Å². The van der Waals surface area contributed by atoms with Crippen molar-refractivity contribution < 1.29 is 8.42 Å². The van der Waals surface area contributed by atoms with Gasteiger partial charge in [0.1, 0.15) is 0 Å². The standard InChI is InChI=1S/C16H21N3O3S/c1-11(17)12-6-9-19(10-7-12)23(21,22)15-4-2-3-14-13(15)5-8-18-16(14)20/h2-5,8,11-12H,6-7,9-10,17H2,1H3,(H,18,20). The third kappa shape index (κ3) is 2.91. The van der Waals surface area contributed by atoms with Gasteiger partial charge in [0, 0.05) is 36.1 Å². The minimum Gasteiger partial charge on any atom is -0.329 e. The fraction of sp³-hybridized carbons (Fsp3) is 0.438. The SMILES string of the molecule is CC(N)C1CCN(S(=O)(=O)c2cccc3c(=O)[nH]ccc23)CC1. The third-order valence-corrected chi connectivity index (χ3v) is 6.59. The number of aromatic nitrogens is 1. The van der Waals surface area contributed by atoms with Gasteiger partial charge < -0.3 is 10.7 Å². The van der Waals surface area contributed by atoms with Gasteiger partial charge in [-0.05, 0) is 43.9 Å². The number of nitrogens with zero attached hydrogens (tertiary/aromatic N) is 1. The molecule has 0 aliphatic carbocycles. The molecular formula is C16H21N3O3S. The number of aromatic amines is 1. The highest BCUT2D eigenvalue weighted by Crippen LogP contribution is 2.28. The Bertz CT molecular complexity index is 866. The number of fused-ring (bicyclic) bond motifs is 1. The smallest absolute Gasteiger partial charge is 0.255 e. The first-order chi connectivity index (χ1) is 10.9. The van der Waals surface area contributed by atoms with E-state index < -0.39 is 10.0 Å². The fourth-order valence-electron chi connectivity index (χ4n) is 3.20. The molecule has 3 N–H and O–H groups in total. The van der Waals surface area contributed by atoms with Crippen molar-refractivity contribution in [2.24, 2.45) is 11.7 Å². The van der Waals surface area contributed by atoms with E-state index in [0.717, 1.165) is 12.8 Å². The van der Waals surface area contributed by atoms with Crippen LogP contribution in [-0.2, 0) is 10.0 Å². The number of rotatable bonds is 3. The minimum atomic E-state index is -3.61. The van der Waals surface area contributed by atoms with Gasteiger partial charge in [0.25, 0.3) is 5.56 Å². The quantitative estimate of drug-likeness (QED) is 0.883. The van der Waals surface area contributed by atoms with Crippen LogP contribution in [0.3, 0.4) is 0 Å². The molecule has 3 rings (SSSR count). The molecule has 0 amide bonds. The number of hydrogen-bond donors (Lipinski definition) is 2. The van der Waals surface area contributed by atoms with E-state index >= 15 is 0 Å². The Morgan fingerprint density at radius 2 is 1.91 bits per heavy atom. The maximum atomic E-state index is 13.0. The van der Waals surface area contributed by atoms with E-state index in [0.29, 0.717) is 29.8 Å². The van der Waals surface area contributed by atoms with E-state index in [-0.39, 0.29) is 16.5 Å². The predicted molar refractivity (Wildman–Crippen MR) is 89.7 cm³/mol. The van der Waals surface area contributed by atoms with Gasteiger partial charge in [-0.25, -0.2) is 8.42 Å². The monoisotopic (exact) mass is 335 g/mol. The van der Waals surface area contributed by atoms with Crippen LogP contribution < -0.4 is 11.3 Å². The summed E-state index contributed by atoms with van der Waals surface area (Å²) in [6.45, 7) is 2.90. The summed E-state index contributed by atoms with van der Waals surface area (Å²) in [5, 5.41) is 0.851. The topological polar surface area (TPSA) is 96.3 Å². The van der Waals surface area contributed by atoms with Crippen molar-refractivity contribution in [2.75, 3.05) is 13.1 Å². The van der Waals surface area contributed by atoms with Crippen molar-refractivity contribution in [3.8, 4) is 0 Å². The Labute approximate surface area is 135 Å². The van der Waals surface area contributed by atoms with Crippen molar-refractivity contribution >= 4 is 20.8 Å². The molecule has 23 heavy (non-hydrogen) atoms. The second kappa shape index (κ2) is 6.07. The van der Waals surface area contributed by atoms with Crippen LogP contribution in [0.1, 0.15) is 19.8 Å². The average molecular weight is 335 g/mol. The lowest BCUT2D eigenvalue weighted by Gasteiger charge is -2.33. The Morgan fingerprint density at radius 1 is 1.22 bits per heavy atom. The molecule has 1 aliphatic heterocycles. The first kappa shape index (κ1) is 16.2. The van der Waals surface area contributed by atoms with Gasteiger partial charge in [0.2, 0.25) is 10.0 Å². The van der Waals surface area contributed by atoms with Crippen LogP contribution in [0.15, 0.2) is 40.2 Å². The Balaban J connectivity index is 1.98. The largest absolute Gasteiger partial charge is 0.329 e. The number of benzene rings is 1. The van der Waals surface area contributed by atoms with Gasteiger partial charge in [0.05, 0.1) is 4.90 Å². The zero-order valence-corrected chi connectivity index (χ0v) is 13.8. The number of nitrogens with one attached hydrogen (secondary N) is 1. The second-order valence-electron chi connectivity index (χ2n) is 6.12. The number of sulfonamides is 1. The normalized spacial score (nSPS) is 19.0. The van der Waals surface area contributed by atoms with Crippen LogP contribution in [0, 0.1) is 5.92 Å². The zero-order chi connectivity index (χ0) is 16.6. The lowest BCUT2D eigenvalue weighted by Crippen LogP contribution is -2.42. The van der Waals surface area contributed by atoms with Crippen molar-refractivity contribution in [1.82, 2.24) is 9.29 Å². The lowest BCUT2D eigenvalue weighted by molar-refractivity contribution is 0.251. The van der Waals surface area contributed by atoms with Crippen LogP contribution in [0.5, 0.6) is 0 Å². The molecule has 1 aliphatic rings. The first-order valence-corrected chi connectivity index (χ1v) is 9.21. The van der Waals surface area contributed by atoms with Crippen LogP contribution in [0.25, 0.3) is 10.8 Å².